The maximum Gasteiger partial charge on any atom is 0.222 e. The van der Waals surface area contributed by atoms with E-state index in [1.165, 1.54) is 6.07 Å². The minimum absolute atomic E-state index is 0.0648. The van der Waals surface area contributed by atoms with Crippen molar-refractivity contribution in [2.45, 2.75) is 12.5 Å². The lowest BCUT2D eigenvalue weighted by Gasteiger charge is -2.14. The zero-order chi connectivity index (χ0) is 15.0. The highest BCUT2D eigenvalue weighted by Gasteiger charge is 2.13. The van der Waals surface area contributed by atoms with Crippen molar-refractivity contribution >= 4 is 29.1 Å². The molecule has 2 N–H and O–H groups in total. The molecule has 0 saturated carbocycles. The Morgan fingerprint density at radius 2 is 2.25 bits per heavy atom. The summed E-state index contributed by atoms with van der Waals surface area (Å²) in [5.41, 5.74) is 0.514. The summed E-state index contributed by atoms with van der Waals surface area (Å²) in [7, 11) is 0. The van der Waals surface area contributed by atoms with Crippen LogP contribution in [-0.4, -0.2) is 30.8 Å². The standard InChI is InChI=1S/C14H15Cl2NO3/c1-2-6-20-7-5-14(19)17-9-13(18)11-4-3-10(15)8-12(11)16/h1,3-4,8,13,18H,5-7,9H2,(H,17,19). The highest BCUT2D eigenvalue weighted by Crippen LogP contribution is 2.25. The number of aliphatic hydroxyl groups is 1. The van der Waals surface area contributed by atoms with E-state index < -0.39 is 6.10 Å². The first kappa shape index (κ1) is 16.8. The van der Waals surface area contributed by atoms with Gasteiger partial charge in [0.25, 0.3) is 0 Å². The largest absolute Gasteiger partial charge is 0.387 e. The van der Waals surface area contributed by atoms with E-state index in [0.29, 0.717) is 15.6 Å². The van der Waals surface area contributed by atoms with Gasteiger partial charge in [0.05, 0.1) is 19.1 Å². The molecular weight excluding hydrogens is 301 g/mol. The molecule has 1 unspecified atom stereocenters. The number of carbonyl (C=O) groups excluding carboxylic acids is 1. The molecule has 0 saturated heterocycles. The average molecular weight is 316 g/mol. The maximum absolute atomic E-state index is 11.5. The van der Waals surface area contributed by atoms with Gasteiger partial charge < -0.3 is 15.2 Å². The second kappa shape index (κ2) is 8.83. The molecule has 108 valence electrons. The minimum atomic E-state index is -0.893. The number of halogens is 2. The molecule has 0 aliphatic carbocycles. The van der Waals surface area contributed by atoms with E-state index in [0.717, 1.165) is 0 Å². The van der Waals surface area contributed by atoms with Crippen LogP contribution in [0.5, 0.6) is 0 Å². The first-order valence-electron chi connectivity index (χ1n) is 5.95. The molecule has 4 nitrogen and oxygen atoms in total. The fourth-order valence-electron chi connectivity index (χ4n) is 1.48. The fourth-order valence-corrected chi connectivity index (χ4v) is 2.01. The first-order chi connectivity index (χ1) is 9.54. The van der Waals surface area contributed by atoms with Gasteiger partial charge in [-0.15, -0.1) is 6.42 Å². The van der Waals surface area contributed by atoms with Crippen molar-refractivity contribution in [1.29, 1.82) is 0 Å². The summed E-state index contributed by atoms with van der Waals surface area (Å²) in [5.74, 6) is 2.07. The number of terminal acetylenes is 1. The summed E-state index contributed by atoms with van der Waals surface area (Å²) in [6, 6.07) is 4.79. The van der Waals surface area contributed by atoms with Crippen molar-refractivity contribution in [3.8, 4) is 12.3 Å². The van der Waals surface area contributed by atoms with Crippen LogP contribution in [0.2, 0.25) is 10.0 Å². The summed E-state index contributed by atoms with van der Waals surface area (Å²) in [6.07, 6.45) is 4.29. The van der Waals surface area contributed by atoms with E-state index in [2.05, 4.69) is 11.2 Å². The zero-order valence-corrected chi connectivity index (χ0v) is 12.2. The van der Waals surface area contributed by atoms with Crippen LogP contribution in [-0.2, 0) is 9.53 Å². The van der Waals surface area contributed by atoms with E-state index >= 15 is 0 Å². The van der Waals surface area contributed by atoms with Crippen molar-refractivity contribution in [3.63, 3.8) is 0 Å². The third-order valence-electron chi connectivity index (χ3n) is 2.47. The van der Waals surface area contributed by atoms with Gasteiger partial charge in [0, 0.05) is 22.2 Å². The molecule has 1 aromatic rings. The van der Waals surface area contributed by atoms with Crippen LogP contribution in [0.25, 0.3) is 0 Å². The highest BCUT2D eigenvalue weighted by molar-refractivity contribution is 6.35. The van der Waals surface area contributed by atoms with Crippen LogP contribution in [0.1, 0.15) is 18.1 Å². The molecular formula is C14H15Cl2NO3. The maximum atomic E-state index is 11.5. The number of hydrogen-bond acceptors (Lipinski definition) is 3. The normalized spacial score (nSPS) is 11.7. The minimum Gasteiger partial charge on any atom is -0.387 e. The van der Waals surface area contributed by atoms with Crippen molar-refractivity contribution in [3.05, 3.63) is 33.8 Å². The molecule has 0 radical (unpaired) electrons. The molecule has 0 aromatic heterocycles. The van der Waals surface area contributed by atoms with Crippen molar-refractivity contribution in [2.24, 2.45) is 0 Å². The first-order valence-corrected chi connectivity index (χ1v) is 6.71. The number of carbonyl (C=O) groups is 1. The number of rotatable bonds is 7. The van der Waals surface area contributed by atoms with Crippen LogP contribution in [0.3, 0.4) is 0 Å². The summed E-state index contributed by atoms with van der Waals surface area (Å²) in [6.45, 7) is 0.486. The number of benzene rings is 1. The molecule has 0 bridgehead atoms. The SMILES string of the molecule is C#CCOCCC(=O)NCC(O)c1ccc(Cl)cc1Cl. The Labute approximate surface area is 128 Å². The van der Waals surface area contributed by atoms with Crippen molar-refractivity contribution in [1.82, 2.24) is 5.32 Å². The molecule has 0 heterocycles. The Kier molecular flexibility index (Phi) is 7.42. The second-order valence-electron chi connectivity index (χ2n) is 3.99. The smallest absolute Gasteiger partial charge is 0.222 e. The number of ether oxygens (including phenoxy) is 1. The van der Waals surface area contributed by atoms with E-state index in [-0.39, 0.29) is 32.1 Å². The van der Waals surface area contributed by atoms with E-state index in [1.807, 2.05) is 0 Å². The summed E-state index contributed by atoms with van der Waals surface area (Å²) in [4.78, 5) is 11.5. The Bertz CT molecular complexity index is 500. The average Bonchev–Trinajstić information content (AvgIpc) is 2.41. The van der Waals surface area contributed by atoms with Crippen LogP contribution in [0.15, 0.2) is 18.2 Å². The third-order valence-corrected chi connectivity index (χ3v) is 3.04. The van der Waals surface area contributed by atoms with Gasteiger partial charge in [-0.1, -0.05) is 35.2 Å². The predicted octanol–water partition coefficient (Wildman–Crippen LogP) is 2.18. The molecule has 20 heavy (non-hydrogen) atoms. The molecule has 0 fully saturated rings. The molecule has 1 atom stereocenters. The monoisotopic (exact) mass is 315 g/mol. The van der Waals surface area contributed by atoms with Crippen molar-refractivity contribution < 1.29 is 14.6 Å². The van der Waals surface area contributed by atoms with Gasteiger partial charge in [-0.05, 0) is 12.1 Å². The number of nitrogens with one attached hydrogen (secondary N) is 1. The van der Waals surface area contributed by atoms with Gasteiger partial charge in [0.2, 0.25) is 5.91 Å². The number of aliphatic hydroxyl groups excluding tert-OH is 1. The summed E-state index contributed by atoms with van der Waals surface area (Å²) in [5, 5.41) is 13.4. The van der Waals surface area contributed by atoms with E-state index in [9.17, 15) is 9.90 Å². The highest BCUT2D eigenvalue weighted by atomic mass is 35.5. The van der Waals surface area contributed by atoms with Gasteiger partial charge >= 0.3 is 0 Å². The zero-order valence-electron chi connectivity index (χ0n) is 10.7. The van der Waals surface area contributed by atoms with E-state index in [1.54, 1.807) is 12.1 Å². The number of amides is 1. The number of hydrogen-bond donors (Lipinski definition) is 2. The predicted molar refractivity (Wildman–Crippen MR) is 78.7 cm³/mol. The molecule has 6 heteroatoms. The van der Waals surface area contributed by atoms with Crippen LogP contribution in [0, 0.1) is 12.3 Å². The van der Waals surface area contributed by atoms with E-state index in [4.69, 9.17) is 34.4 Å². The van der Waals surface area contributed by atoms with Crippen LogP contribution >= 0.6 is 23.2 Å². The molecule has 0 spiro atoms. The van der Waals surface area contributed by atoms with Gasteiger partial charge in [-0.2, -0.15) is 0 Å². The summed E-state index contributed by atoms with van der Waals surface area (Å²) >= 11 is 11.7. The van der Waals surface area contributed by atoms with Gasteiger partial charge in [0.1, 0.15) is 6.61 Å². The molecule has 1 aromatic carbocycles. The Morgan fingerprint density at radius 3 is 2.90 bits per heavy atom. The quantitative estimate of drug-likeness (QED) is 0.599. The topological polar surface area (TPSA) is 58.6 Å². The second-order valence-corrected chi connectivity index (χ2v) is 4.84. The fraction of sp³-hybridized carbons (Fsp3) is 0.357. The molecule has 1 amide bonds. The lowest BCUT2D eigenvalue weighted by Crippen LogP contribution is -2.29. The van der Waals surface area contributed by atoms with Crippen molar-refractivity contribution in [2.75, 3.05) is 19.8 Å². The van der Waals surface area contributed by atoms with Crippen LogP contribution in [0.4, 0.5) is 0 Å². The third kappa shape index (κ3) is 5.81. The Balaban J connectivity index is 2.37. The Hall–Kier alpha value is -1.25. The van der Waals surface area contributed by atoms with Crippen LogP contribution < -0.4 is 5.32 Å². The Morgan fingerprint density at radius 1 is 1.50 bits per heavy atom. The molecule has 0 aliphatic rings. The molecule has 1 rings (SSSR count). The lowest BCUT2D eigenvalue weighted by molar-refractivity contribution is -0.122. The van der Waals surface area contributed by atoms with Gasteiger partial charge in [-0.25, -0.2) is 0 Å². The summed E-state index contributed by atoms with van der Waals surface area (Å²) < 4.78 is 4.98. The van der Waals surface area contributed by atoms with Gasteiger partial charge in [-0.3, -0.25) is 4.79 Å². The van der Waals surface area contributed by atoms with Gasteiger partial charge in [0.15, 0.2) is 0 Å². The lowest BCUT2D eigenvalue weighted by atomic mass is 10.1. The molecule has 0 aliphatic heterocycles.